The largest absolute Gasteiger partial charge is 0.370 e. The predicted molar refractivity (Wildman–Crippen MR) is 127 cm³/mol. The maximum atomic E-state index is 13.1. The van der Waals surface area contributed by atoms with Crippen molar-refractivity contribution in [1.29, 1.82) is 0 Å². The number of amides is 3. The van der Waals surface area contributed by atoms with Crippen molar-refractivity contribution in [2.75, 3.05) is 35.3 Å². The van der Waals surface area contributed by atoms with Crippen LogP contribution in [0.15, 0.2) is 42.5 Å². The van der Waals surface area contributed by atoms with Gasteiger partial charge in [-0.1, -0.05) is 11.6 Å². The lowest BCUT2D eigenvalue weighted by molar-refractivity contribution is -0.156. The molecule has 2 atom stereocenters. The number of anilines is 3. The molecule has 2 N–H and O–H groups in total. The van der Waals surface area contributed by atoms with Gasteiger partial charge in [-0.3, -0.25) is 14.4 Å². The van der Waals surface area contributed by atoms with E-state index in [4.69, 9.17) is 25.8 Å². The van der Waals surface area contributed by atoms with E-state index in [9.17, 15) is 14.4 Å². The zero-order chi connectivity index (χ0) is 24.5. The van der Waals surface area contributed by atoms with Crippen molar-refractivity contribution in [3.8, 4) is 0 Å². The van der Waals surface area contributed by atoms with E-state index in [-0.39, 0.29) is 12.5 Å². The van der Waals surface area contributed by atoms with Crippen LogP contribution in [0.4, 0.5) is 17.1 Å². The minimum absolute atomic E-state index is 0.0478. The van der Waals surface area contributed by atoms with Crippen LogP contribution in [0.3, 0.4) is 0 Å². The molecular weight excluding hydrogens is 462 g/mol. The normalized spacial score (nSPS) is 21.9. The summed E-state index contributed by atoms with van der Waals surface area (Å²) in [5.41, 5.74) is 2.60. The summed E-state index contributed by atoms with van der Waals surface area (Å²) in [6.07, 6.45) is -2.32. The van der Waals surface area contributed by atoms with E-state index in [0.29, 0.717) is 29.5 Å². The number of rotatable bonds is 5. The molecule has 180 valence electrons. The maximum Gasteiger partial charge on any atom is 0.256 e. The Morgan fingerprint density at radius 1 is 1.00 bits per heavy atom. The Morgan fingerprint density at radius 3 is 2.18 bits per heavy atom. The van der Waals surface area contributed by atoms with Gasteiger partial charge in [-0.15, -0.1) is 0 Å². The van der Waals surface area contributed by atoms with Gasteiger partial charge in [0.1, 0.15) is 6.61 Å². The van der Waals surface area contributed by atoms with Crippen molar-refractivity contribution in [2.24, 2.45) is 0 Å². The number of benzene rings is 2. The van der Waals surface area contributed by atoms with Gasteiger partial charge in [0, 0.05) is 28.6 Å². The Kier molecular flexibility index (Phi) is 6.90. The van der Waals surface area contributed by atoms with Crippen LogP contribution in [-0.4, -0.2) is 55.5 Å². The highest BCUT2D eigenvalue weighted by Crippen LogP contribution is 2.31. The van der Waals surface area contributed by atoms with Crippen LogP contribution >= 0.6 is 11.6 Å². The molecule has 2 aromatic rings. The van der Waals surface area contributed by atoms with Gasteiger partial charge in [-0.2, -0.15) is 0 Å². The predicted octanol–water partition coefficient (Wildman–Crippen LogP) is 3.11. The van der Waals surface area contributed by atoms with Gasteiger partial charge in [0.05, 0.1) is 6.61 Å². The van der Waals surface area contributed by atoms with Crippen LogP contribution in [-0.2, 0) is 28.6 Å². The fourth-order valence-electron chi connectivity index (χ4n) is 3.91. The summed E-state index contributed by atoms with van der Waals surface area (Å²) in [5, 5.41) is 6.05. The molecule has 3 amide bonds. The zero-order valence-electron chi connectivity index (χ0n) is 19.1. The Morgan fingerprint density at radius 2 is 1.59 bits per heavy atom. The van der Waals surface area contributed by atoms with E-state index < -0.39 is 29.8 Å². The highest BCUT2D eigenvalue weighted by molar-refractivity contribution is 6.30. The lowest BCUT2D eigenvalue weighted by atomic mass is 10.1. The number of carbonyl (C=O) groups excluding carboxylic acids is 3. The van der Waals surface area contributed by atoms with Gasteiger partial charge in [-0.25, -0.2) is 0 Å². The number of nitrogens with zero attached hydrogens (tertiary/aromatic N) is 1. The molecule has 0 saturated carbocycles. The highest BCUT2D eigenvalue weighted by atomic mass is 35.5. The molecule has 34 heavy (non-hydrogen) atoms. The number of ether oxygens (including phenoxy) is 3. The second kappa shape index (κ2) is 9.71. The minimum atomic E-state index is -1.16. The number of nitrogens with one attached hydrogen (secondary N) is 2. The first kappa shape index (κ1) is 24.2. The fourth-order valence-corrected chi connectivity index (χ4v) is 4.04. The second-order valence-corrected chi connectivity index (χ2v) is 9.00. The zero-order valence-corrected chi connectivity index (χ0v) is 19.8. The first-order chi connectivity index (χ1) is 16.1. The van der Waals surface area contributed by atoms with Gasteiger partial charge in [0.2, 0.25) is 0 Å². The molecule has 0 spiro atoms. The summed E-state index contributed by atoms with van der Waals surface area (Å²) in [6, 6.07) is 11.8. The number of morpholine rings is 1. The monoisotopic (exact) mass is 487 g/mol. The van der Waals surface area contributed by atoms with Gasteiger partial charge in [-0.05, 0) is 68.8 Å². The van der Waals surface area contributed by atoms with Gasteiger partial charge >= 0.3 is 0 Å². The Balaban J connectivity index is 1.47. The number of halogens is 1. The molecule has 2 heterocycles. The van der Waals surface area contributed by atoms with E-state index in [1.807, 2.05) is 6.92 Å². The molecule has 0 bridgehead atoms. The summed E-state index contributed by atoms with van der Waals surface area (Å²) in [4.78, 5) is 39.8. The van der Waals surface area contributed by atoms with Crippen LogP contribution in [0.2, 0.25) is 5.02 Å². The van der Waals surface area contributed by atoms with Crippen LogP contribution in [0, 0.1) is 6.92 Å². The van der Waals surface area contributed by atoms with Crippen molar-refractivity contribution in [3.05, 3.63) is 53.1 Å². The molecule has 0 radical (unpaired) electrons. The maximum absolute atomic E-state index is 13.1. The summed E-state index contributed by atoms with van der Waals surface area (Å²) in [6.45, 7) is 6.12. The number of aryl methyl sites for hydroxylation is 1. The van der Waals surface area contributed by atoms with E-state index in [0.717, 1.165) is 11.3 Å². The molecule has 2 aromatic carbocycles. The van der Waals surface area contributed by atoms with Gasteiger partial charge in [0.25, 0.3) is 17.7 Å². The molecular formula is C24H26ClN3O6. The Bertz CT molecular complexity index is 1100. The average Bonchev–Trinajstić information content (AvgIpc) is 3.12. The van der Waals surface area contributed by atoms with Crippen molar-refractivity contribution in [3.63, 3.8) is 0 Å². The van der Waals surface area contributed by atoms with Crippen molar-refractivity contribution in [1.82, 2.24) is 0 Å². The summed E-state index contributed by atoms with van der Waals surface area (Å²) < 4.78 is 16.7. The summed E-state index contributed by atoms with van der Waals surface area (Å²) in [5.74, 6) is -2.26. The molecule has 4 rings (SSSR count). The quantitative estimate of drug-likeness (QED) is 0.671. The minimum Gasteiger partial charge on any atom is -0.370 e. The SMILES string of the molecule is Cc1cc(NC(=O)C2OC(C)(C)OC2C(=O)Nc2ccc(Cl)cc2)ccc1N1CCOCC1=O. The van der Waals surface area contributed by atoms with E-state index in [2.05, 4.69) is 10.6 Å². The molecule has 2 aliphatic heterocycles. The lowest BCUT2D eigenvalue weighted by Crippen LogP contribution is -2.43. The van der Waals surface area contributed by atoms with Crippen LogP contribution < -0.4 is 15.5 Å². The standard InChI is InChI=1S/C24H26ClN3O6/c1-14-12-17(8-9-18(14)28-10-11-32-13-19(28)29)27-23(31)21-20(33-24(2,3)34-21)22(30)26-16-6-4-15(25)5-7-16/h4-9,12,20-21H,10-11,13H2,1-3H3,(H,26,30)(H,27,31). The molecule has 0 aliphatic carbocycles. The second-order valence-electron chi connectivity index (χ2n) is 8.56. The topological polar surface area (TPSA) is 106 Å². The van der Waals surface area contributed by atoms with Crippen molar-refractivity contribution >= 4 is 46.4 Å². The molecule has 2 unspecified atom stereocenters. The number of carbonyl (C=O) groups is 3. The van der Waals surface area contributed by atoms with Gasteiger partial charge in [0.15, 0.2) is 18.0 Å². The van der Waals surface area contributed by atoms with E-state index in [1.165, 1.54) is 0 Å². The average molecular weight is 488 g/mol. The van der Waals surface area contributed by atoms with Crippen LogP contribution in [0.25, 0.3) is 0 Å². The molecule has 2 fully saturated rings. The third kappa shape index (κ3) is 5.39. The van der Waals surface area contributed by atoms with Gasteiger partial charge < -0.3 is 29.7 Å². The molecule has 9 nitrogen and oxygen atoms in total. The van der Waals surface area contributed by atoms with E-state index in [1.54, 1.807) is 61.2 Å². The molecule has 2 aliphatic rings. The first-order valence-corrected chi connectivity index (χ1v) is 11.2. The summed E-state index contributed by atoms with van der Waals surface area (Å²) in [7, 11) is 0. The molecule has 10 heteroatoms. The number of hydrogen-bond donors (Lipinski definition) is 2. The van der Waals surface area contributed by atoms with E-state index >= 15 is 0 Å². The van der Waals surface area contributed by atoms with Crippen molar-refractivity contribution < 1.29 is 28.6 Å². The molecule has 0 aromatic heterocycles. The smallest absolute Gasteiger partial charge is 0.256 e. The summed E-state index contributed by atoms with van der Waals surface area (Å²) >= 11 is 5.89. The highest BCUT2D eigenvalue weighted by Gasteiger charge is 2.49. The lowest BCUT2D eigenvalue weighted by Gasteiger charge is -2.28. The fraction of sp³-hybridized carbons (Fsp3) is 0.375. The Hall–Kier alpha value is -2.98. The van der Waals surface area contributed by atoms with Crippen LogP contribution in [0.5, 0.6) is 0 Å². The Labute approximate surface area is 202 Å². The number of hydrogen-bond acceptors (Lipinski definition) is 6. The third-order valence-corrected chi connectivity index (χ3v) is 5.72. The van der Waals surface area contributed by atoms with Crippen molar-refractivity contribution in [2.45, 2.75) is 38.8 Å². The van der Waals surface area contributed by atoms with Crippen LogP contribution in [0.1, 0.15) is 19.4 Å². The first-order valence-electron chi connectivity index (χ1n) is 10.8. The third-order valence-electron chi connectivity index (χ3n) is 5.47. The molecule has 2 saturated heterocycles.